The molecule has 7 heteroatoms. The van der Waals surface area contributed by atoms with E-state index in [1.165, 1.54) is 13.0 Å². The topological polar surface area (TPSA) is 83.6 Å². The van der Waals surface area contributed by atoms with Crippen LogP contribution >= 0.6 is 0 Å². The molecule has 1 aromatic carbocycles. The zero-order valence-electron chi connectivity index (χ0n) is 12.6. The lowest BCUT2D eigenvalue weighted by atomic mass is 10.1. The molecular formula is C14H20N2O4S. The van der Waals surface area contributed by atoms with Gasteiger partial charge in [0.1, 0.15) is 6.54 Å². The number of carbonyl (C=O) groups is 2. The van der Waals surface area contributed by atoms with E-state index in [0.29, 0.717) is 11.3 Å². The first-order chi connectivity index (χ1) is 9.61. The van der Waals surface area contributed by atoms with Crippen LogP contribution in [0.5, 0.6) is 0 Å². The Hall–Kier alpha value is -1.89. The van der Waals surface area contributed by atoms with Crippen molar-refractivity contribution in [1.82, 2.24) is 5.32 Å². The second-order valence-electron chi connectivity index (χ2n) is 5.10. The minimum absolute atomic E-state index is 0.0811. The summed E-state index contributed by atoms with van der Waals surface area (Å²) in [5, 5.41) is 2.64. The van der Waals surface area contributed by atoms with Crippen molar-refractivity contribution in [2.45, 2.75) is 26.8 Å². The number of ketones is 1. The van der Waals surface area contributed by atoms with Crippen LogP contribution in [0.15, 0.2) is 24.3 Å². The van der Waals surface area contributed by atoms with Crippen molar-refractivity contribution in [3.05, 3.63) is 29.8 Å². The summed E-state index contributed by atoms with van der Waals surface area (Å²) in [7, 11) is -3.63. The minimum Gasteiger partial charge on any atom is -0.352 e. The van der Waals surface area contributed by atoms with Gasteiger partial charge < -0.3 is 5.32 Å². The fraction of sp³-hybridized carbons (Fsp3) is 0.429. The Labute approximate surface area is 125 Å². The lowest BCUT2D eigenvalue weighted by Crippen LogP contribution is -2.42. The van der Waals surface area contributed by atoms with Crippen LogP contribution in [0.1, 0.15) is 31.1 Å². The normalized spacial score (nSPS) is 11.3. The van der Waals surface area contributed by atoms with E-state index in [1.54, 1.807) is 32.0 Å². The quantitative estimate of drug-likeness (QED) is 0.800. The number of carbonyl (C=O) groups excluding carboxylic acids is 2. The molecule has 0 heterocycles. The Bertz CT molecular complexity index is 638. The first-order valence-corrected chi connectivity index (χ1v) is 8.34. The van der Waals surface area contributed by atoms with E-state index in [2.05, 4.69) is 5.32 Å². The summed E-state index contributed by atoms with van der Waals surface area (Å²) in [4.78, 5) is 23.2. The van der Waals surface area contributed by atoms with Gasteiger partial charge in [-0.25, -0.2) is 8.42 Å². The van der Waals surface area contributed by atoms with E-state index in [0.717, 1.165) is 10.6 Å². The number of amides is 1. The number of rotatable bonds is 6. The highest BCUT2D eigenvalue weighted by Gasteiger charge is 2.21. The van der Waals surface area contributed by atoms with Crippen LogP contribution < -0.4 is 9.62 Å². The molecule has 0 aliphatic carbocycles. The predicted octanol–water partition coefficient (Wildman–Crippen LogP) is 1.18. The molecule has 116 valence electrons. The number of hydrogen-bond acceptors (Lipinski definition) is 4. The van der Waals surface area contributed by atoms with E-state index in [1.807, 2.05) is 0 Å². The fourth-order valence-electron chi connectivity index (χ4n) is 1.78. The second-order valence-corrected chi connectivity index (χ2v) is 7.01. The summed E-state index contributed by atoms with van der Waals surface area (Å²) in [5.74, 6) is -0.569. The number of hydrogen-bond donors (Lipinski definition) is 1. The van der Waals surface area contributed by atoms with E-state index >= 15 is 0 Å². The van der Waals surface area contributed by atoms with Gasteiger partial charge in [0.25, 0.3) is 0 Å². The highest BCUT2D eigenvalue weighted by Crippen LogP contribution is 2.19. The number of benzene rings is 1. The third-order valence-electron chi connectivity index (χ3n) is 2.68. The fourth-order valence-corrected chi connectivity index (χ4v) is 2.63. The van der Waals surface area contributed by atoms with Gasteiger partial charge in [0, 0.05) is 11.6 Å². The Morgan fingerprint density at radius 3 is 2.38 bits per heavy atom. The molecule has 1 amide bonds. The van der Waals surface area contributed by atoms with Crippen LogP contribution in [-0.4, -0.2) is 39.0 Å². The molecule has 1 N–H and O–H groups in total. The lowest BCUT2D eigenvalue weighted by Gasteiger charge is -2.22. The van der Waals surface area contributed by atoms with Crippen molar-refractivity contribution < 1.29 is 18.0 Å². The molecule has 1 aromatic rings. The molecule has 0 aromatic heterocycles. The average Bonchev–Trinajstić information content (AvgIpc) is 2.34. The minimum atomic E-state index is -3.63. The van der Waals surface area contributed by atoms with Gasteiger partial charge >= 0.3 is 0 Å². The first kappa shape index (κ1) is 17.2. The largest absolute Gasteiger partial charge is 0.352 e. The summed E-state index contributed by atoms with van der Waals surface area (Å²) in [6, 6.07) is 6.12. The van der Waals surface area contributed by atoms with Crippen LogP contribution in [0.3, 0.4) is 0 Å². The van der Waals surface area contributed by atoms with Crippen LogP contribution in [0.2, 0.25) is 0 Å². The van der Waals surface area contributed by atoms with Crippen LogP contribution in [0, 0.1) is 0 Å². The monoisotopic (exact) mass is 312 g/mol. The maximum atomic E-state index is 11.9. The Kier molecular flexibility index (Phi) is 5.48. The summed E-state index contributed by atoms with van der Waals surface area (Å²) in [5.41, 5.74) is 0.689. The third-order valence-corrected chi connectivity index (χ3v) is 3.82. The molecule has 6 nitrogen and oxygen atoms in total. The molecule has 0 fully saturated rings. The maximum Gasteiger partial charge on any atom is 0.240 e. The molecule has 1 rings (SSSR count). The highest BCUT2D eigenvalue weighted by atomic mass is 32.2. The van der Waals surface area contributed by atoms with E-state index in [9.17, 15) is 18.0 Å². The van der Waals surface area contributed by atoms with Gasteiger partial charge in [0.2, 0.25) is 15.9 Å². The van der Waals surface area contributed by atoms with E-state index in [4.69, 9.17) is 0 Å². The standard InChI is InChI=1S/C14H20N2O4S/c1-10(2)15-14(18)9-16(21(4,19)20)13-7-5-6-12(8-13)11(3)17/h5-8,10H,9H2,1-4H3,(H,15,18). The van der Waals surface area contributed by atoms with Gasteiger partial charge in [-0.05, 0) is 32.9 Å². The Balaban J connectivity index is 3.12. The van der Waals surface area contributed by atoms with Gasteiger partial charge in [0.05, 0.1) is 11.9 Å². The van der Waals surface area contributed by atoms with Gasteiger partial charge in [-0.1, -0.05) is 12.1 Å². The molecule has 0 bridgehead atoms. The number of nitrogens with zero attached hydrogens (tertiary/aromatic N) is 1. The van der Waals surface area contributed by atoms with Gasteiger partial charge in [0.15, 0.2) is 5.78 Å². The van der Waals surface area contributed by atoms with Crippen LogP contribution in [0.25, 0.3) is 0 Å². The summed E-state index contributed by atoms with van der Waals surface area (Å²) in [6.07, 6.45) is 1.02. The number of sulfonamides is 1. The molecule has 0 aliphatic rings. The van der Waals surface area contributed by atoms with Crippen molar-refractivity contribution >= 4 is 27.4 Å². The number of nitrogens with one attached hydrogen (secondary N) is 1. The maximum absolute atomic E-state index is 11.9. The molecule has 0 aliphatic heterocycles. The van der Waals surface area contributed by atoms with Gasteiger partial charge in [-0.2, -0.15) is 0 Å². The predicted molar refractivity (Wildman–Crippen MR) is 81.9 cm³/mol. The average molecular weight is 312 g/mol. The first-order valence-electron chi connectivity index (χ1n) is 6.49. The van der Waals surface area contributed by atoms with E-state index < -0.39 is 15.9 Å². The Morgan fingerprint density at radius 2 is 1.90 bits per heavy atom. The summed E-state index contributed by atoms with van der Waals surface area (Å²) in [6.45, 7) is 4.66. The Morgan fingerprint density at radius 1 is 1.29 bits per heavy atom. The van der Waals surface area contributed by atoms with E-state index in [-0.39, 0.29) is 18.4 Å². The lowest BCUT2D eigenvalue weighted by molar-refractivity contribution is -0.120. The van der Waals surface area contributed by atoms with Gasteiger partial charge in [-0.3, -0.25) is 13.9 Å². The molecule has 0 radical (unpaired) electrons. The molecule has 0 saturated heterocycles. The number of anilines is 1. The van der Waals surface area contributed by atoms with Crippen LogP contribution in [-0.2, 0) is 14.8 Å². The molecule has 0 atom stereocenters. The zero-order valence-corrected chi connectivity index (χ0v) is 13.4. The van der Waals surface area contributed by atoms with Crippen molar-refractivity contribution in [2.75, 3.05) is 17.1 Å². The summed E-state index contributed by atoms with van der Waals surface area (Å²) < 4.78 is 24.8. The third kappa shape index (κ3) is 5.18. The smallest absolute Gasteiger partial charge is 0.240 e. The molecule has 0 unspecified atom stereocenters. The van der Waals surface area contributed by atoms with Crippen LogP contribution in [0.4, 0.5) is 5.69 Å². The van der Waals surface area contributed by atoms with Crippen molar-refractivity contribution in [1.29, 1.82) is 0 Å². The van der Waals surface area contributed by atoms with Crippen molar-refractivity contribution in [3.63, 3.8) is 0 Å². The van der Waals surface area contributed by atoms with Crippen molar-refractivity contribution in [2.24, 2.45) is 0 Å². The second kappa shape index (κ2) is 6.71. The van der Waals surface area contributed by atoms with Gasteiger partial charge in [-0.15, -0.1) is 0 Å². The van der Waals surface area contributed by atoms with Crippen molar-refractivity contribution in [3.8, 4) is 0 Å². The summed E-state index contributed by atoms with van der Waals surface area (Å²) >= 11 is 0. The molecule has 0 spiro atoms. The molecule has 0 saturated carbocycles. The molecular weight excluding hydrogens is 292 g/mol. The SMILES string of the molecule is CC(=O)c1cccc(N(CC(=O)NC(C)C)S(C)(=O)=O)c1. The number of Topliss-reactive ketones (excluding diaryl/α,β-unsaturated/α-hetero) is 1. The highest BCUT2D eigenvalue weighted by molar-refractivity contribution is 7.92. The zero-order chi connectivity index (χ0) is 16.2. The molecule has 21 heavy (non-hydrogen) atoms.